The fourth-order valence-electron chi connectivity index (χ4n) is 2.89. The molecule has 1 saturated carbocycles. The highest BCUT2D eigenvalue weighted by atomic mass is 35.5. The number of aromatic nitrogens is 2. The lowest BCUT2D eigenvalue weighted by molar-refractivity contribution is 0.102. The van der Waals surface area contributed by atoms with Gasteiger partial charge in [-0.1, -0.05) is 42.5 Å². The van der Waals surface area contributed by atoms with Crippen LogP contribution in [0.5, 0.6) is 0 Å². The van der Waals surface area contributed by atoms with Crippen molar-refractivity contribution in [2.75, 3.05) is 5.32 Å². The van der Waals surface area contributed by atoms with Gasteiger partial charge >= 0.3 is 0 Å². The molecule has 116 valence electrons. The van der Waals surface area contributed by atoms with Gasteiger partial charge in [0, 0.05) is 11.1 Å². The van der Waals surface area contributed by atoms with Crippen molar-refractivity contribution in [1.82, 2.24) is 9.78 Å². The molecule has 1 heterocycles. The lowest BCUT2D eigenvalue weighted by Crippen LogP contribution is -2.20. The first-order valence-electron chi connectivity index (χ1n) is 7.45. The molecule has 1 aromatic carbocycles. The van der Waals surface area contributed by atoms with E-state index in [9.17, 15) is 4.79 Å². The van der Waals surface area contributed by atoms with Gasteiger partial charge in [0.25, 0.3) is 5.91 Å². The van der Waals surface area contributed by atoms with Crippen LogP contribution >= 0.6 is 23.2 Å². The second-order valence-electron chi connectivity index (χ2n) is 5.53. The SMILES string of the molecule is O=C(Nc1ccnn1C1CCCCC1)c1cc(Cl)ccc1Cl. The highest BCUT2D eigenvalue weighted by Gasteiger charge is 2.20. The molecule has 0 bridgehead atoms. The predicted molar refractivity (Wildman–Crippen MR) is 88.8 cm³/mol. The zero-order valence-corrected chi connectivity index (χ0v) is 13.6. The summed E-state index contributed by atoms with van der Waals surface area (Å²) in [5, 5.41) is 8.12. The van der Waals surface area contributed by atoms with Gasteiger partial charge in [-0.15, -0.1) is 0 Å². The predicted octanol–water partition coefficient (Wildman–Crippen LogP) is 4.95. The molecule has 0 saturated heterocycles. The van der Waals surface area contributed by atoms with Crippen LogP contribution in [0.15, 0.2) is 30.5 Å². The van der Waals surface area contributed by atoms with Crippen LogP contribution in [0.25, 0.3) is 0 Å². The minimum absolute atomic E-state index is 0.273. The number of rotatable bonds is 3. The Bertz CT molecular complexity index is 678. The van der Waals surface area contributed by atoms with Gasteiger partial charge in [0.1, 0.15) is 5.82 Å². The average Bonchev–Trinajstić information content (AvgIpc) is 2.98. The van der Waals surface area contributed by atoms with Crippen molar-refractivity contribution < 1.29 is 4.79 Å². The third-order valence-electron chi connectivity index (χ3n) is 4.01. The molecule has 1 amide bonds. The van der Waals surface area contributed by atoms with Gasteiger partial charge in [-0.05, 0) is 31.0 Å². The summed E-state index contributed by atoms with van der Waals surface area (Å²) < 4.78 is 1.91. The number of hydrogen-bond acceptors (Lipinski definition) is 2. The van der Waals surface area contributed by atoms with Gasteiger partial charge in [-0.3, -0.25) is 4.79 Å². The maximum absolute atomic E-state index is 12.4. The van der Waals surface area contributed by atoms with Crippen molar-refractivity contribution >= 4 is 34.9 Å². The monoisotopic (exact) mass is 337 g/mol. The van der Waals surface area contributed by atoms with Gasteiger partial charge < -0.3 is 5.32 Å². The molecule has 4 nitrogen and oxygen atoms in total. The average molecular weight is 338 g/mol. The Kier molecular flexibility index (Phi) is 4.69. The Labute approximate surface area is 139 Å². The first-order chi connectivity index (χ1) is 10.6. The van der Waals surface area contributed by atoms with Crippen molar-refractivity contribution in [2.45, 2.75) is 38.1 Å². The Morgan fingerprint density at radius 3 is 2.73 bits per heavy atom. The molecular weight excluding hydrogens is 321 g/mol. The highest BCUT2D eigenvalue weighted by molar-refractivity contribution is 6.36. The van der Waals surface area contributed by atoms with Crippen molar-refractivity contribution in [2.24, 2.45) is 0 Å². The maximum Gasteiger partial charge on any atom is 0.258 e. The molecule has 1 N–H and O–H groups in total. The third kappa shape index (κ3) is 3.28. The number of carbonyl (C=O) groups excluding carboxylic acids is 1. The molecule has 1 aliphatic carbocycles. The van der Waals surface area contributed by atoms with E-state index in [4.69, 9.17) is 23.2 Å². The molecule has 3 rings (SSSR count). The molecule has 0 aliphatic heterocycles. The molecule has 22 heavy (non-hydrogen) atoms. The fourth-order valence-corrected chi connectivity index (χ4v) is 3.26. The fraction of sp³-hybridized carbons (Fsp3) is 0.375. The zero-order valence-electron chi connectivity index (χ0n) is 12.1. The van der Waals surface area contributed by atoms with Crippen LogP contribution in [0.4, 0.5) is 5.82 Å². The number of carbonyl (C=O) groups is 1. The summed E-state index contributed by atoms with van der Waals surface area (Å²) >= 11 is 12.0. The van der Waals surface area contributed by atoms with E-state index in [2.05, 4.69) is 10.4 Å². The third-order valence-corrected chi connectivity index (χ3v) is 4.57. The van der Waals surface area contributed by atoms with Crippen LogP contribution in [0.3, 0.4) is 0 Å². The summed E-state index contributed by atoms with van der Waals surface area (Å²) in [7, 11) is 0. The van der Waals surface area contributed by atoms with E-state index in [0.717, 1.165) is 12.8 Å². The number of amides is 1. The molecule has 0 unspecified atom stereocenters. The van der Waals surface area contributed by atoms with E-state index in [1.165, 1.54) is 19.3 Å². The van der Waals surface area contributed by atoms with Gasteiger partial charge in [0.05, 0.1) is 22.8 Å². The van der Waals surface area contributed by atoms with Gasteiger partial charge in [-0.25, -0.2) is 4.68 Å². The second kappa shape index (κ2) is 6.71. The standard InChI is InChI=1S/C16H17Cl2N3O/c17-11-6-7-14(18)13(10-11)16(22)20-15-8-9-19-21(15)12-4-2-1-3-5-12/h6-10,12H,1-5H2,(H,20,22). The summed E-state index contributed by atoms with van der Waals surface area (Å²) in [6.45, 7) is 0. The first-order valence-corrected chi connectivity index (χ1v) is 8.20. The summed E-state index contributed by atoms with van der Waals surface area (Å²) in [6.07, 6.45) is 7.60. The van der Waals surface area contributed by atoms with Crippen molar-refractivity contribution in [3.63, 3.8) is 0 Å². The van der Waals surface area contributed by atoms with E-state index < -0.39 is 0 Å². The lowest BCUT2D eigenvalue weighted by atomic mass is 9.96. The Hall–Kier alpha value is -1.52. The van der Waals surface area contributed by atoms with Crippen LogP contribution < -0.4 is 5.32 Å². The number of halogens is 2. The summed E-state index contributed by atoms with van der Waals surface area (Å²) in [4.78, 5) is 12.4. The number of anilines is 1. The number of hydrogen-bond donors (Lipinski definition) is 1. The number of benzene rings is 1. The van der Waals surface area contributed by atoms with Crippen LogP contribution in [0, 0.1) is 0 Å². The van der Waals surface area contributed by atoms with Gasteiger partial charge in [0.2, 0.25) is 0 Å². The molecule has 0 spiro atoms. The molecule has 6 heteroatoms. The quantitative estimate of drug-likeness (QED) is 0.861. The van der Waals surface area contributed by atoms with Crippen LogP contribution in [0.1, 0.15) is 48.5 Å². The topological polar surface area (TPSA) is 46.9 Å². The number of nitrogens with one attached hydrogen (secondary N) is 1. The van der Waals surface area contributed by atoms with Crippen molar-refractivity contribution in [3.05, 3.63) is 46.1 Å². The minimum Gasteiger partial charge on any atom is -0.307 e. The largest absolute Gasteiger partial charge is 0.307 e. The molecule has 2 aromatic rings. The van der Waals surface area contributed by atoms with Gasteiger partial charge in [-0.2, -0.15) is 5.10 Å². The normalized spacial score (nSPS) is 15.7. The van der Waals surface area contributed by atoms with Crippen LogP contribution in [0.2, 0.25) is 10.0 Å². The summed E-state index contributed by atoms with van der Waals surface area (Å²) in [6, 6.07) is 7.02. The smallest absolute Gasteiger partial charge is 0.258 e. The van der Waals surface area contributed by atoms with Crippen molar-refractivity contribution in [1.29, 1.82) is 0 Å². The lowest BCUT2D eigenvalue weighted by Gasteiger charge is -2.24. The Morgan fingerprint density at radius 2 is 1.95 bits per heavy atom. The molecule has 0 radical (unpaired) electrons. The molecule has 1 aromatic heterocycles. The van der Waals surface area contributed by atoms with E-state index in [-0.39, 0.29) is 5.91 Å². The van der Waals surface area contributed by atoms with Gasteiger partial charge in [0.15, 0.2) is 0 Å². The molecule has 1 fully saturated rings. The van der Waals surface area contributed by atoms with Crippen LogP contribution in [-0.4, -0.2) is 15.7 Å². The second-order valence-corrected chi connectivity index (χ2v) is 6.37. The summed E-state index contributed by atoms with van der Waals surface area (Å²) in [5.74, 6) is 0.429. The van der Waals surface area contributed by atoms with Crippen LogP contribution in [-0.2, 0) is 0 Å². The maximum atomic E-state index is 12.4. The van der Waals surface area contributed by atoms with E-state index in [1.54, 1.807) is 24.4 Å². The molecule has 1 aliphatic rings. The highest BCUT2D eigenvalue weighted by Crippen LogP contribution is 2.30. The van der Waals surface area contributed by atoms with E-state index in [1.807, 2.05) is 10.7 Å². The Morgan fingerprint density at radius 1 is 1.18 bits per heavy atom. The van der Waals surface area contributed by atoms with E-state index >= 15 is 0 Å². The molecule has 0 atom stereocenters. The zero-order chi connectivity index (χ0) is 15.5. The van der Waals surface area contributed by atoms with Crippen molar-refractivity contribution in [3.8, 4) is 0 Å². The summed E-state index contributed by atoms with van der Waals surface area (Å²) in [5.41, 5.74) is 0.366. The minimum atomic E-state index is -0.273. The first kappa shape index (κ1) is 15.4. The van der Waals surface area contributed by atoms with E-state index in [0.29, 0.717) is 27.5 Å². The number of nitrogens with zero attached hydrogens (tertiary/aromatic N) is 2. The molecular formula is C16H17Cl2N3O. The Balaban J connectivity index is 1.80.